The molecule has 0 saturated carbocycles. The summed E-state index contributed by atoms with van der Waals surface area (Å²) in [6.45, 7) is 2.18. The van der Waals surface area contributed by atoms with Gasteiger partial charge in [0.1, 0.15) is 10.8 Å². The second-order valence-corrected chi connectivity index (χ2v) is 7.76. The normalized spacial score (nSPS) is 16.2. The third-order valence-corrected chi connectivity index (χ3v) is 5.80. The molecule has 0 radical (unpaired) electrons. The quantitative estimate of drug-likeness (QED) is 0.846. The van der Waals surface area contributed by atoms with Crippen molar-refractivity contribution in [3.05, 3.63) is 44.8 Å². The monoisotopic (exact) mass is 378 g/mol. The molecule has 1 aliphatic carbocycles. The number of ether oxygens (including phenoxy) is 1. The average Bonchev–Trinajstić information content (AvgIpc) is 2.91. The summed E-state index contributed by atoms with van der Waals surface area (Å²) in [4.78, 5) is 25.8. The highest BCUT2D eigenvalue weighted by atomic mass is 35.5. The average molecular weight is 379 g/mol. The highest BCUT2D eigenvalue weighted by Gasteiger charge is 2.27. The van der Waals surface area contributed by atoms with Crippen LogP contribution >= 0.6 is 22.9 Å². The molecule has 132 valence electrons. The van der Waals surface area contributed by atoms with E-state index in [-0.39, 0.29) is 5.91 Å². The number of carbonyl (C=O) groups excluding carboxylic acids is 2. The Morgan fingerprint density at radius 1 is 1.40 bits per heavy atom. The number of hydrogen-bond acceptors (Lipinski definition) is 4. The number of nitrogens with one attached hydrogen (secondary N) is 1. The second-order valence-electron chi connectivity index (χ2n) is 6.22. The molecule has 25 heavy (non-hydrogen) atoms. The van der Waals surface area contributed by atoms with E-state index in [1.165, 1.54) is 24.5 Å². The van der Waals surface area contributed by atoms with Crippen LogP contribution in [0.5, 0.6) is 5.75 Å². The number of benzene rings is 1. The smallest absolute Gasteiger partial charge is 0.260 e. The van der Waals surface area contributed by atoms with Gasteiger partial charge >= 0.3 is 0 Å². The first-order chi connectivity index (χ1) is 11.9. The summed E-state index contributed by atoms with van der Waals surface area (Å²) in [5.41, 5.74) is 7.30. The molecular formula is C18H19ClN2O3S. The first-order valence-electron chi connectivity index (χ1n) is 8.00. The van der Waals surface area contributed by atoms with E-state index in [9.17, 15) is 9.59 Å². The molecule has 1 aromatic carbocycles. The molecule has 5 nitrogen and oxygen atoms in total. The first-order valence-corrected chi connectivity index (χ1v) is 9.19. The molecule has 0 aliphatic heterocycles. The third-order valence-electron chi connectivity index (χ3n) is 4.39. The minimum absolute atomic E-state index is 0.310. The molecule has 1 aromatic heterocycles. The highest BCUT2D eigenvalue weighted by molar-refractivity contribution is 7.17. The molecule has 1 aliphatic rings. The second kappa shape index (κ2) is 7.06. The van der Waals surface area contributed by atoms with E-state index in [4.69, 9.17) is 22.1 Å². The fourth-order valence-corrected chi connectivity index (χ4v) is 4.71. The fourth-order valence-electron chi connectivity index (χ4n) is 3.13. The Hall–Kier alpha value is -2.05. The Bertz CT molecular complexity index is 847. The van der Waals surface area contributed by atoms with Gasteiger partial charge in [-0.3, -0.25) is 9.59 Å². The van der Waals surface area contributed by atoms with Gasteiger partial charge in [0, 0.05) is 9.90 Å². The molecule has 2 aromatic rings. The Labute approximate surface area is 155 Å². The lowest BCUT2D eigenvalue weighted by molar-refractivity contribution is 0.1000. The lowest BCUT2D eigenvalue weighted by Gasteiger charge is -2.18. The van der Waals surface area contributed by atoms with Gasteiger partial charge in [-0.25, -0.2) is 0 Å². The Morgan fingerprint density at radius 2 is 2.16 bits per heavy atom. The van der Waals surface area contributed by atoms with Crippen molar-refractivity contribution in [1.82, 2.24) is 0 Å². The van der Waals surface area contributed by atoms with Crippen molar-refractivity contribution in [1.29, 1.82) is 0 Å². The van der Waals surface area contributed by atoms with E-state index in [1.807, 2.05) is 0 Å². The number of anilines is 1. The maximum absolute atomic E-state index is 12.7. The number of rotatable bonds is 4. The zero-order chi connectivity index (χ0) is 18.1. The highest BCUT2D eigenvalue weighted by Crippen LogP contribution is 2.39. The number of fused-ring (bicyclic) bond motifs is 1. The molecule has 1 atom stereocenters. The van der Waals surface area contributed by atoms with Crippen molar-refractivity contribution in [2.45, 2.75) is 26.2 Å². The van der Waals surface area contributed by atoms with Crippen LogP contribution in [0.3, 0.4) is 0 Å². The molecule has 0 saturated heterocycles. The summed E-state index contributed by atoms with van der Waals surface area (Å²) in [5.74, 6) is 0.0785. The SMILES string of the molecule is COc1ccc(Cl)cc1C(=O)Nc1sc2c(c1C(N)=O)CC[C@H](C)C2. The number of carbonyl (C=O) groups is 2. The fraction of sp³-hybridized carbons (Fsp3) is 0.333. The van der Waals surface area contributed by atoms with Crippen molar-refractivity contribution in [3.8, 4) is 5.75 Å². The van der Waals surface area contributed by atoms with Crippen LogP contribution in [0.15, 0.2) is 18.2 Å². The van der Waals surface area contributed by atoms with Crippen LogP contribution in [0.2, 0.25) is 5.02 Å². The van der Waals surface area contributed by atoms with Gasteiger partial charge in [-0.2, -0.15) is 0 Å². The summed E-state index contributed by atoms with van der Waals surface area (Å²) < 4.78 is 5.22. The van der Waals surface area contributed by atoms with Gasteiger partial charge in [-0.1, -0.05) is 18.5 Å². The molecule has 3 rings (SSSR count). The lowest BCUT2D eigenvalue weighted by Crippen LogP contribution is -2.19. The van der Waals surface area contributed by atoms with Crippen molar-refractivity contribution in [3.63, 3.8) is 0 Å². The van der Waals surface area contributed by atoms with E-state index in [0.29, 0.717) is 32.8 Å². The largest absolute Gasteiger partial charge is 0.496 e. The van der Waals surface area contributed by atoms with Gasteiger partial charge in [0.15, 0.2) is 0 Å². The molecule has 0 spiro atoms. The third kappa shape index (κ3) is 3.50. The van der Waals surface area contributed by atoms with Gasteiger partial charge < -0.3 is 15.8 Å². The van der Waals surface area contributed by atoms with Crippen LogP contribution in [0, 0.1) is 5.92 Å². The van der Waals surface area contributed by atoms with Gasteiger partial charge in [0.2, 0.25) is 0 Å². The molecular weight excluding hydrogens is 360 g/mol. The molecule has 3 N–H and O–H groups in total. The molecule has 2 amide bonds. The summed E-state index contributed by atoms with van der Waals surface area (Å²) in [7, 11) is 1.49. The standard InChI is InChI=1S/C18H19ClN2O3S/c1-9-3-5-11-14(7-9)25-18(15(11)16(20)22)21-17(23)12-8-10(19)4-6-13(12)24-2/h4,6,8-9H,3,5,7H2,1-2H3,(H2,20,22)(H,21,23)/t9-/m0/s1. The van der Waals surface area contributed by atoms with Crippen molar-refractivity contribution < 1.29 is 14.3 Å². The van der Waals surface area contributed by atoms with E-state index in [1.54, 1.807) is 12.1 Å². The predicted molar refractivity (Wildman–Crippen MR) is 100.0 cm³/mol. The van der Waals surface area contributed by atoms with E-state index < -0.39 is 5.91 Å². The number of halogens is 1. The topological polar surface area (TPSA) is 81.4 Å². The summed E-state index contributed by atoms with van der Waals surface area (Å²) in [6.07, 6.45) is 2.72. The van der Waals surface area contributed by atoms with Gasteiger partial charge in [0.25, 0.3) is 11.8 Å². The Morgan fingerprint density at radius 3 is 2.84 bits per heavy atom. The Balaban J connectivity index is 1.97. The molecule has 7 heteroatoms. The summed E-state index contributed by atoms with van der Waals surface area (Å²) in [6, 6.07) is 4.82. The number of amides is 2. The number of methoxy groups -OCH3 is 1. The first kappa shape index (κ1) is 17.8. The zero-order valence-electron chi connectivity index (χ0n) is 14.0. The molecule has 0 fully saturated rings. The predicted octanol–water partition coefficient (Wildman–Crippen LogP) is 3.89. The van der Waals surface area contributed by atoms with Crippen LogP contribution in [-0.4, -0.2) is 18.9 Å². The van der Waals surface area contributed by atoms with Gasteiger partial charge in [-0.05, 0) is 48.9 Å². The van der Waals surface area contributed by atoms with Crippen LogP contribution in [-0.2, 0) is 12.8 Å². The lowest BCUT2D eigenvalue weighted by atomic mass is 9.88. The Kier molecular flexibility index (Phi) is 5.01. The minimum atomic E-state index is -0.514. The molecule has 0 bridgehead atoms. The van der Waals surface area contributed by atoms with E-state index in [0.717, 1.165) is 29.7 Å². The van der Waals surface area contributed by atoms with Crippen LogP contribution in [0.1, 0.15) is 44.5 Å². The van der Waals surface area contributed by atoms with Crippen LogP contribution in [0.4, 0.5) is 5.00 Å². The maximum Gasteiger partial charge on any atom is 0.260 e. The number of hydrogen-bond donors (Lipinski definition) is 2. The van der Waals surface area contributed by atoms with E-state index >= 15 is 0 Å². The van der Waals surface area contributed by atoms with Crippen LogP contribution in [0.25, 0.3) is 0 Å². The minimum Gasteiger partial charge on any atom is -0.496 e. The summed E-state index contributed by atoms with van der Waals surface area (Å²) in [5, 5.41) is 3.75. The number of thiophene rings is 1. The zero-order valence-corrected chi connectivity index (χ0v) is 15.6. The van der Waals surface area contributed by atoms with Crippen molar-refractivity contribution >= 4 is 39.8 Å². The van der Waals surface area contributed by atoms with Crippen molar-refractivity contribution in [2.24, 2.45) is 11.7 Å². The summed E-state index contributed by atoms with van der Waals surface area (Å²) >= 11 is 7.42. The van der Waals surface area contributed by atoms with Crippen molar-refractivity contribution in [2.75, 3.05) is 12.4 Å². The number of nitrogens with two attached hydrogens (primary N) is 1. The van der Waals surface area contributed by atoms with Crippen LogP contribution < -0.4 is 15.8 Å². The molecule has 1 heterocycles. The van der Waals surface area contributed by atoms with E-state index in [2.05, 4.69) is 12.2 Å². The van der Waals surface area contributed by atoms with Gasteiger partial charge in [0.05, 0.1) is 18.2 Å². The maximum atomic E-state index is 12.7. The van der Waals surface area contributed by atoms with Gasteiger partial charge in [-0.15, -0.1) is 11.3 Å². The molecule has 0 unspecified atom stereocenters. The number of primary amides is 1.